The highest BCUT2D eigenvalue weighted by Crippen LogP contribution is 2.32. The topological polar surface area (TPSA) is 54.5 Å². The molecule has 0 saturated heterocycles. The number of halogens is 3. The van der Waals surface area contributed by atoms with E-state index < -0.39 is 27.5 Å². The lowest BCUT2D eigenvalue weighted by molar-refractivity contribution is -0.0885. The van der Waals surface area contributed by atoms with Crippen molar-refractivity contribution < 1.29 is 26.4 Å². The fourth-order valence-electron chi connectivity index (χ4n) is 2.91. The van der Waals surface area contributed by atoms with Crippen molar-refractivity contribution in [2.45, 2.75) is 30.3 Å². The first-order valence-electron chi connectivity index (χ1n) is 8.49. The Morgan fingerprint density at radius 2 is 1.59 bits per heavy atom. The molecular weight excluding hydrogens is 379 g/mol. The third kappa shape index (κ3) is 4.16. The molecule has 0 aromatic heterocycles. The molecule has 0 bridgehead atoms. The molecule has 144 valence electrons. The largest absolute Gasteiger partial charge is 0.454 e. The van der Waals surface area contributed by atoms with Crippen LogP contribution >= 0.6 is 0 Å². The van der Waals surface area contributed by atoms with Crippen LogP contribution in [-0.4, -0.2) is 26.9 Å². The zero-order valence-electron chi connectivity index (χ0n) is 14.3. The number of benzene rings is 2. The van der Waals surface area contributed by atoms with Crippen LogP contribution in [0, 0.1) is 5.92 Å². The SMILES string of the molecule is O=C(c1ccc(N(CC2CCC2)S(=O)(=O)c2ccccc2)cc1)C(F)(F)F. The molecule has 8 heteroatoms. The minimum atomic E-state index is -4.97. The third-order valence-corrected chi connectivity index (χ3v) is 6.46. The van der Waals surface area contributed by atoms with Crippen LogP contribution < -0.4 is 4.31 Å². The molecular formula is C19H18F3NO3S. The molecule has 1 saturated carbocycles. The smallest absolute Gasteiger partial charge is 0.284 e. The van der Waals surface area contributed by atoms with Crippen LogP contribution in [0.1, 0.15) is 29.6 Å². The van der Waals surface area contributed by atoms with Gasteiger partial charge in [-0.2, -0.15) is 13.2 Å². The number of ketones is 1. The van der Waals surface area contributed by atoms with Gasteiger partial charge in [-0.1, -0.05) is 24.6 Å². The maximum Gasteiger partial charge on any atom is 0.454 e. The first kappa shape index (κ1) is 19.4. The summed E-state index contributed by atoms with van der Waals surface area (Å²) in [5, 5.41) is 0. The van der Waals surface area contributed by atoms with Gasteiger partial charge in [-0.3, -0.25) is 9.10 Å². The lowest BCUT2D eigenvalue weighted by atomic mass is 9.85. The molecule has 1 aliphatic carbocycles. The van der Waals surface area contributed by atoms with Crippen molar-refractivity contribution in [3.8, 4) is 0 Å². The number of carbonyl (C=O) groups is 1. The molecule has 0 N–H and O–H groups in total. The van der Waals surface area contributed by atoms with Gasteiger partial charge in [-0.05, 0) is 55.2 Å². The summed E-state index contributed by atoms with van der Waals surface area (Å²) in [7, 11) is -3.86. The predicted molar refractivity (Wildman–Crippen MR) is 95.1 cm³/mol. The molecule has 2 aromatic carbocycles. The van der Waals surface area contributed by atoms with E-state index in [1.54, 1.807) is 18.2 Å². The molecule has 1 aliphatic rings. The molecule has 0 heterocycles. The molecule has 0 aliphatic heterocycles. The number of nitrogens with zero attached hydrogens (tertiary/aromatic N) is 1. The number of Topliss-reactive ketones (excluding diaryl/α,β-unsaturated/α-hetero) is 1. The summed E-state index contributed by atoms with van der Waals surface area (Å²) in [6, 6.07) is 12.4. The normalized spacial score (nSPS) is 15.2. The standard InChI is InChI=1S/C19H18F3NO3S/c20-19(21,22)18(24)15-9-11-16(12-10-15)23(13-14-5-4-6-14)27(25,26)17-7-2-1-3-8-17/h1-3,7-12,14H,4-6,13H2. The number of anilines is 1. The third-order valence-electron chi connectivity index (χ3n) is 4.65. The Labute approximate surface area is 155 Å². The van der Waals surface area contributed by atoms with Crippen LogP contribution in [0.5, 0.6) is 0 Å². The second-order valence-electron chi connectivity index (χ2n) is 6.52. The van der Waals surface area contributed by atoms with E-state index in [9.17, 15) is 26.4 Å². The average Bonchev–Trinajstić information content (AvgIpc) is 2.60. The van der Waals surface area contributed by atoms with Gasteiger partial charge in [0, 0.05) is 12.1 Å². The zero-order valence-corrected chi connectivity index (χ0v) is 15.1. The van der Waals surface area contributed by atoms with E-state index in [1.807, 2.05) is 0 Å². The quantitative estimate of drug-likeness (QED) is 0.678. The minimum absolute atomic E-state index is 0.111. The molecule has 0 spiro atoms. The van der Waals surface area contributed by atoms with Gasteiger partial charge in [0.05, 0.1) is 10.6 Å². The van der Waals surface area contributed by atoms with Crippen LogP contribution in [0.15, 0.2) is 59.5 Å². The number of alkyl halides is 3. The molecule has 0 atom stereocenters. The Morgan fingerprint density at radius 1 is 1.00 bits per heavy atom. The highest BCUT2D eigenvalue weighted by atomic mass is 32.2. The summed E-state index contributed by atoms with van der Waals surface area (Å²) in [6.07, 6.45) is -2.12. The number of rotatable bonds is 6. The summed E-state index contributed by atoms with van der Waals surface area (Å²) in [4.78, 5) is 11.5. The van der Waals surface area contributed by atoms with Crippen molar-refractivity contribution in [2.75, 3.05) is 10.8 Å². The van der Waals surface area contributed by atoms with Gasteiger partial charge in [-0.25, -0.2) is 8.42 Å². The molecule has 0 unspecified atom stereocenters. The van der Waals surface area contributed by atoms with E-state index in [-0.39, 0.29) is 23.0 Å². The van der Waals surface area contributed by atoms with Crippen molar-refractivity contribution in [3.63, 3.8) is 0 Å². The van der Waals surface area contributed by atoms with Crippen molar-refractivity contribution in [1.29, 1.82) is 0 Å². The van der Waals surface area contributed by atoms with Crippen LogP contribution in [0.2, 0.25) is 0 Å². The van der Waals surface area contributed by atoms with Gasteiger partial charge in [-0.15, -0.1) is 0 Å². The Kier molecular flexibility index (Phi) is 5.28. The van der Waals surface area contributed by atoms with E-state index in [0.717, 1.165) is 31.4 Å². The van der Waals surface area contributed by atoms with Gasteiger partial charge >= 0.3 is 6.18 Å². The van der Waals surface area contributed by atoms with E-state index in [4.69, 9.17) is 0 Å². The van der Waals surface area contributed by atoms with Crippen molar-refractivity contribution in [3.05, 3.63) is 60.2 Å². The Morgan fingerprint density at radius 3 is 2.07 bits per heavy atom. The van der Waals surface area contributed by atoms with Gasteiger partial charge in [0.15, 0.2) is 0 Å². The first-order valence-corrected chi connectivity index (χ1v) is 9.93. The van der Waals surface area contributed by atoms with Crippen LogP contribution in [0.3, 0.4) is 0 Å². The zero-order chi connectivity index (χ0) is 19.7. The highest BCUT2D eigenvalue weighted by molar-refractivity contribution is 7.92. The molecule has 27 heavy (non-hydrogen) atoms. The molecule has 3 rings (SSSR count). The summed E-state index contributed by atoms with van der Waals surface area (Å²) in [6.45, 7) is 0.254. The molecule has 2 aromatic rings. The first-order chi connectivity index (χ1) is 12.7. The Balaban J connectivity index is 1.95. The second kappa shape index (κ2) is 7.34. The molecule has 1 fully saturated rings. The van der Waals surface area contributed by atoms with Gasteiger partial charge in [0.25, 0.3) is 15.8 Å². The molecule has 4 nitrogen and oxygen atoms in total. The van der Waals surface area contributed by atoms with Crippen molar-refractivity contribution >= 4 is 21.5 Å². The molecule has 0 amide bonds. The van der Waals surface area contributed by atoms with Crippen LogP contribution in [0.25, 0.3) is 0 Å². The van der Waals surface area contributed by atoms with E-state index in [2.05, 4.69) is 0 Å². The van der Waals surface area contributed by atoms with Gasteiger partial charge in [0.2, 0.25) is 0 Å². The van der Waals surface area contributed by atoms with Gasteiger partial charge < -0.3 is 0 Å². The van der Waals surface area contributed by atoms with E-state index in [0.29, 0.717) is 0 Å². The van der Waals surface area contributed by atoms with Crippen molar-refractivity contribution in [1.82, 2.24) is 0 Å². The highest BCUT2D eigenvalue weighted by Gasteiger charge is 2.39. The summed E-state index contributed by atoms with van der Waals surface area (Å²) < 4.78 is 65.1. The number of hydrogen-bond donors (Lipinski definition) is 0. The number of carbonyl (C=O) groups excluding carboxylic acids is 1. The number of hydrogen-bond acceptors (Lipinski definition) is 3. The fourth-order valence-corrected chi connectivity index (χ4v) is 4.48. The Bertz CT molecular complexity index is 905. The van der Waals surface area contributed by atoms with Crippen LogP contribution in [0.4, 0.5) is 18.9 Å². The summed E-state index contributed by atoms with van der Waals surface area (Å²) >= 11 is 0. The monoisotopic (exact) mass is 397 g/mol. The average molecular weight is 397 g/mol. The van der Waals surface area contributed by atoms with E-state index >= 15 is 0 Å². The number of sulfonamides is 1. The second-order valence-corrected chi connectivity index (χ2v) is 8.38. The Hall–Kier alpha value is -2.35. The van der Waals surface area contributed by atoms with Crippen molar-refractivity contribution in [2.24, 2.45) is 5.92 Å². The molecule has 0 radical (unpaired) electrons. The lowest BCUT2D eigenvalue weighted by Gasteiger charge is -2.33. The summed E-state index contributed by atoms with van der Waals surface area (Å²) in [5.41, 5.74) is -0.281. The maximum atomic E-state index is 13.1. The van der Waals surface area contributed by atoms with Crippen LogP contribution in [-0.2, 0) is 10.0 Å². The fraction of sp³-hybridized carbons (Fsp3) is 0.316. The lowest BCUT2D eigenvalue weighted by Crippen LogP contribution is -2.37. The summed E-state index contributed by atoms with van der Waals surface area (Å²) in [5.74, 6) is -1.74. The maximum absolute atomic E-state index is 13.1. The predicted octanol–water partition coefficient (Wildman–Crippen LogP) is 4.43. The van der Waals surface area contributed by atoms with E-state index in [1.165, 1.54) is 28.6 Å². The minimum Gasteiger partial charge on any atom is -0.284 e. The van der Waals surface area contributed by atoms with Gasteiger partial charge in [0.1, 0.15) is 0 Å².